The van der Waals surface area contributed by atoms with Gasteiger partial charge in [0.2, 0.25) is 0 Å². The molecule has 2 rings (SSSR count). The van der Waals surface area contributed by atoms with Crippen molar-refractivity contribution in [3.63, 3.8) is 0 Å². The lowest BCUT2D eigenvalue weighted by Crippen LogP contribution is -2.15. The maximum Gasteiger partial charge on any atom is 0.264 e. The number of rotatable bonds is 3. The minimum Gasteiger partial charge on any atom is -0.508 e. The molecule has 0 aliphatic rings. The van der Waals surface area contributed by atoms with Crippen LogP contribution in [-0.4, -0.2) is 18.5 Å². The van der Waals surface area contributed by atoms with Crippen LogP contribution >= 0.6 is 0 Å². The highest BCUT2D eigenvalue weighted by molar-refractivity contribution is 7.92. The average Bonchev–Trinajstić information content (AvgIpc) is 2.44. The van der Waals surface area contributed by atoms with Crippen molar-refractivity contribution in [2.45, 2.75) is 18.7 Å². The number of nitrogens with one attached hydrogen (secondary N) is 1. The van der Waals surface area contributed by atoms with Crippen molar-refractivity contribution in [3.8, 4) is 11.8 Å². The summed E-state index contributed by atoms with van der Waals surface area (Å²) in [7, 11) is -3.92. The number of phenols is 1. The second kappa shape index (κ2) is 5.42. The van der Waals surface area contributed by atoms with Crippen molar-refractivity contribution < 1.29 is 13.5 Å². The van der Waals surface area contributed by atoms with Gasteiger partial charge in [-0.2, -0.15) is 5.26 Å². The molecule has 1 aromatic heterocycles. The van der Waals surface area contributed by atoms with E-state index in [0.29, 0.717) is 16.8 Å². The summed E-state index contributed by atoms with van der Waals surface area (Å²) < 4.78 is 27.1. The van der Waals surface area contributed by atoms with E-state index < -0.39 is 10.0 Å². The van der Waals surface area contributed by atoms with Gasteiger partial charge < -0.3 is 5.11 Å². The molecule has 0 bridgehead atoms. The number of nitrogens with zero attached hydrogens (tertiary/aromatic N) is 2. The van der Waals surface area contributed by atoms with Crippen LogP contribution in [0, 0.1) is 25.2 Å². The van der Waals surface area contributed by atoms with Gasteiger partial charge >= 0.3 is 0 Å². The van der Waals surface area contributed by atoms with Gasteiger partial charge in [-0.1, -0.05) is 0 Å². The summed E-state index contributed by atoms with van der Waals surface area (Å²) in [5.74, 6) is 0.0922. The zero-order valence-corrected chi connectivity index (χ0v) is 12.3. The van der Waals surface area contributed by atoms with E-state index in [9.17, 15) is 13.5 Å². The molecular weight excluding hydrogens is 290 g/mol. The SMILES string of the molecule is Cc1cc(NS(=O)(=O)c2cccnc2C#N)c(C)cc1O. The van der Waals surface area contributed by atoms with E-state index >= 15 is 0 Å². The van der Waals surface area contributed by atoms with Crippen molar-refractivity contribution >= 4 is 15.7 Å². The number of aromatic nitrogens is 1. The summed E-state index contributed by atoms with van der Waals surface area (Å²) in [4.78, 5) is 3.56. The van der Waals surface area contributed by atoms with E-state index in [4.69, 9.17) is 5.26 Å². The first-order valence-corrected chi connectivity index (χ1v) is 7.51. The number of hydrogen-bond donors (Lipinski definition) is 2. The Morgan fingerprint density at radius 1 is 1.29 bits per heavy atom. The first-order valence-electron chi connectivity index (χ1n) is 6.03. The molecule has 0 unspecified atom stereocenters. The Kier molecular flexibility index (Phi) is 3.82. The fraction of sp³-hybridized carbons (Fsp3) is 0.143. The third-order valence-electron chi connectivity index (χ3n) is 2.95. The Labute approximate surface area is 122 Å². The largest absolute Gasteiger partial charge is 0.508 e. The van der Waals surface area contributed by atoms with Crippen molar-refractivity contribution in [1.82, 2.24) is 4.98 Å². The van der Waals surface area contributed by atoms with E-state index in [1.165, 1.54) is 30.5 Å². The van der Waals surface area contributed by atoms with Gasteiger partial charge in [0.1, 0.15) is 16.7 Å². The maximum atomic E-state index is 12.4. The monoisotopic (exact) mass is 303 g/mol. The normalized spacial score (nSPS) is 10.9. The quantitative estimate of drug-likeness (QED) is 0.845. The molecule has 2 N–H and O–H groups in total. The summed E-state index contributed by atoms with van der Waals surface area (Å²) in [6.45, 7) is 3.34. The van der Waals surface area contributed by atoms with E-state index in [0.717, 1.165) is 0 Å². The van der Waals surface area contributed by atoms with Gasteiger partial charge in [-0.15, -0.1) is 0 Å². The number of sulfonamides is 1. The third kappa shape index (κ3) is 2.95. The van der Waals surface area contributed by atoms with Crippen molar-refractivity contribution in [2.75, 3.05) is 4.72 Å². The standard InChI is InChI=1S/C14H13N3O3S/c1-9-7-13(18)10(2)6-11(9)17-21(19,20)14-4-3-5-16-12(14)8-15/h3-7,17-18H,1-2H3. The van der Waals surface area contributed by atoms with Crippen LogP contribution in [0.5, 0.6) is 5.75 Å². The third-order valence-corrected chi connectivity index (χ3v) is 4.35. The van der Waals surface area contributed by atoms with Crippen LogP contribution < -0.4 is 4.72 Å². The van der Waals surface area contributed by atoms with Gasteiger partial charge in [-0.3, -0.25) is 4.72 Å². The molecule has 6 nitrogen and oxygen atoms in total. The fourth-order valence-electron chi connectivity index (χ4n) is 1.80. The topological polar surface area (TPSA) is 103 Å². The average molecular weight is 303 g/mol. The molecule has 0 amide bonds. The molecule has 1 aromatic carbocycles. The van der Waals surface area contributed by atoms with Crippen LogP contribution in [0.3, 0.4) is 0 Å². The Morgan fingerprint density at radius 3 is 2.67 bits per heavy atom. The molecule has 0 aliphatic carbocycles. The predicted octanol–water partition coefficient (Wildman–Crippen LogP) is 2.08. The van der Waals surface area contributed by atoms with Gasteiger partial charge in [-0.25, -0.2) is 13.4 Å². The first-order chi connectivity index (χ1) is 9.85. The molecule has 0 saturated heterocycles. The van der Waals surface area contributed by atoms with E-state index in [1.807, 2.05) is 0 Å². The Hall–Kier alpha value is -2.59. The van der Waals surface area contributed by atoms with Crippen molar-refractivity contribution in [2.24, 2.45) is 0 Å². The first kappa shape index (κ1) is 14.8. The Bertz CT molecular complexity index is 839. The molecule has 7 heteroatoms. The molecule has 0 spiro atoms. The van der Waals surface area contributed by atoms with Gasteiger partial charge in [-0.05, 0) is 49.2 Å². The summed E-state index contributed by atoms with van der Waals surface area (Å²) in [6, 6.07) is 7.52. The lowest BCUT2D eigenvalue weighted by atomic mass is 10.1. The minimum atomic E-state index is -3.92. The molecule has 0 atom stereocenters. The molecule has 21 heavy (non-hydrogen) atoms. The number of hydrogen-bond acceptors (Lipinski definition) is 5. The van der Waals surface area contributed by atoms with Crippen molar-refractivity contribution in [1.29, 1.82) is 5.26 Å². The number of anilines is 1. The second-order valence-corrected chi connectivity index (χ2v) is 6.17. The van der Waals surface area contributed by atoms with Gasteiger partial charge in [0.05, 0.1) is 5.69 Å². The number of nitriles is 1. The molecular formula is C14H13N3O3S. The zero-order valence-electron chi connectivity index (χ0n) is 11.5. The van der Waals surface area contributed by atoms with Crippen LogP contribution in [0.1, 0.15) is 16.8 Å². The lowest BCUT2D eigenvalue weighted by Gasteiger charge is -2.12. The molecule has 1 heterocycles. The maximum absolute atomic E-state index is 12.4. The molecule has 0 saturated carbocycles. The minimum absolute atomic E-state index is 0.0922. The van der Waals surface area contributed by atoms with Gasteiger partial charge in [0, 0.05) is 6.20 Å². The number of aryl methyl sites for hydroxylation is 2. The van der Waals surface area contributed by atoms with Crippen molar-refractivity contribution in [3.05, 3.63) is 47.3 Å². The molecule has 108 valence electrons. The van der Waals surface area contributed by atoms with E-state index in [2.05, 4.69) is 9.71 Å². The second-order valence-electron chi connectivity index (χ2n) is 4.52. The Balaban J connectivity index is 2.48. The highest BCUT2D eigenvalue weighted by atomic mass is 32.2. The molecule has 2 aromatic rings. The van der Waals surface area contributed by atoms with E-state index in [1.54, 1.807) is 19.9 Å². The van der Waals surface area contributed by atoms with Crippen LogP contribution in [0.2, 0.25) is 0 Å². The Morgan fingerprint density at radius 2 is 2.00 bits per heavy atom. The smallest absolute Gasteiger partial charge is 0.264 e. The summed E-state index contributed by atoms with van der Waals surface area (Å²) in [6.07, 6.45) is 1.35. The number of aromatic hydroxyl groups is 1. The number of phenolic OH excluding ortho intramolecular Hbond substituents is 1. The summed E-state index contributed by atoms with van der Waals surface area (Å²) in [5, 5.41) is 18.5. The van der Waals surface area contributed by atoms with Gasteiger partial charge in [0.15, 0.2) is 5.69 Å². The summed E-state index contributed by atoms with van der Waals surface area (Å²) >= 11 is 0. The van der Waals surface area contributed by atoms with E-state index in [-0.39, 0.29) is 16.3 Å². The predicted molar refractivity (Wildman–Crippen MR) is 77.3 cm³/mol. The fourth-order valence-corrected chi connectivity index (χ4v) is 3.03. The van der Waals surface area contributed by atoms with Crippen LogP contribution in [0.25, 0.3) is 0 Å². The van der Waals surface area contributed by atoms with Gasteiger partial charge in [0.25, 0.3) is 10.0 Å². The highest BCUT2D eigenvalue weighted by Crippen LogP contribution is 2.27. The molecule has 0 fully saturated rings. The highest BCUT2D eigenvalue weighted by Gasteiger charge is 2.20. The van der Waals surface area contributed by atoms with Crippen LogP contribution in [0.4, 0.5) is 5.69 Å². The summed E-state index contributed by atoms with van der Waals surface area (Å²) in [5.41, 5.74) is 1.30. The molecule has 0 radical (unpaired) electrons. The van der Waals surface area contributed by atoms with Crippen LogP contribution in [-0.2, 0) is 10.0 Å². The zero-order chi connectivity index (χ0) is 15.6. The van der Waals surface area contributed by atoms with Crippen LogP contribution in [0.15, 0.2) is 35.4 Å². The number of pyridine rings is 1. The number of benzene rings is 1. The molecule has 0 aliphatic heterocycles. The lowest BCUT2D eigenvalue weighted by molar-refractivity contribution is 0.471.